The topological polar surface area (TPSA) is 27.7 Å². The van der Waals surface area contributed by atoms with E-state index in [9.17, 15) is 0 Å². The first-order chi connectivity index (χ1) is 8.75. The molecule has 2 heterocycles. The van der Waals surface area contributed by atoms with Gasteiger partial charge in [-0.1, -0.05) is 13.8 Å². The summed E-state index contributed by atoms with van der Waals surface area (Å²) >= 11 is 0. The summed E-state index contributed by atoms with van der Waals surface area (Å²) in [6.07, 6.45) is 2.73. The number of hydrogen-bond acceptors (Lipinski definition) is 4. The number of morpholine rings is 1. The highest BCUT2D eigenvalue weighted by molar-refractivity contribution is 4.82. The zero-order valence-electron chi connectivity index (χ0n) is 12.0. The first-order valence-electron chi connectivity index (χ1n) is 7.53. The minimum atomic E-state index is 0.603. The predicted molar refractivity (Wildman–Crippen MR) is 75.0 cm³/mol. The maximum absolute atomic E-state index is 5.39. The van der Waals surface area contributed by atoms with Crippen molar-refractivity contribution in [1.82, 2.24) is 15.1 Å². The molecule has 0 aromatic rings. The molecule has 1 N–H and O–H groups in total. The molecule has 0 amide bonds. The van der Waals surface area contributed by atoms with Gasteiger partial charge in [-0.2, -0.15) is 0 Å². The lowest BCUT2D eigenvalue weighted by Gasteiger charge is -2.31. The number of hydrogen-bond donors (Lipinski definition) is 1. The van der Waals surface area contributed by atoms with Crippen molar-refractivity contribution in [3.63, 3.8) is 0 Å². The standard InChI is InChI=1S/C14H29N3O/c1-13(2)15-12-14-4-3-5-17(14)7-6-16-8-10-18-11-9-16/h13-15H,3-12H2,1-2H3. The molecule has 0 aliphatic carbocycles. The predicted octanol–water partition coefficient (Wildman–Crippen LogP) is 0.781. The Kier molecular flexibility index (Phi) is 5.89. The van der Waals surface area contributed by atoms with Crippen LogP contribution in [0, 0.1) is 0 Å². The summed E-state index contributed by atoms with van der Waals surface area (Å²) in [6, 6.07) is 1.36. The first kappa shape index (κ1) is 14.3. The molecule has 2 saturated heterocycles. The van der Waals surface area contributed by atoms with E-state index < -0.39 is 0 Å². The Labute approximate surface area is 112 Å². The van der Waals surface area contributed by atoms with Gasteiger partial charge in [-0.15, -0.1) is 0 Å². The molecule has 1 unspecified atom stereocenters. The zero-order valence-corrected chi connectivity index (χ0v) is 12.0. The second-order valence-electron chi connectivity index (χ2n) is 5.85. The molecule has 18 heavy (non-hydrogen) atoms. The number of nitrogens with zero attached hydrogens (tertiary/aromatic N) is 2. The van der Waals surface area contributed by atoms with E-state index >= 15 is 0 Å². The SMILES string of the molecule is CC(C)NCC1CCCN1CCN1CCOCC1. The molecule has 0 saturated carbocycles. The molecule has 0 aromatic carbocycles. The van der Waals surface area contributed by atoms with Crippen molar-refractivity contribution in [3.8, 4) is 0 Å². The molecular weight excluding hydrogens is 226 g/mol. The lowest BCUT2D eigenvalue weighted by molar-refractivity contribution is 0.0327. The molecule has 0 spiro atoms. The summed E-state index contributed by atoms with van der Waals surface area (Å²) < 4.78 is 5.39. The lowest BCUT2D eigenvalue weighted by Crippen LogP contribution is -2.45. The van der Waals surface area contributed by atoms with Gasteiger partial charge in [-0.3, -0.25) is 9.80 Å². The fraction of sp³-hybridized carbons (Fsp3) is 1.00. The maximum atomic E-state index is 5.39. The monoisotopic (exact) mass is 255 g/mol. The van der Waals surface area contributed by atoms with Gasteiger partial charge < -0.3 is 10.1 Å². The first-order valence-corrected chi connectivity index (χ1v) is 7.53. The van der Waals surface area contributed by atoms with E-state index in [-0.39, 0.29) is 0 Å². The molecule has 2 aliphatic heterocycles. The van der Waals surface area contributed by atoms with Crippen molar-refractivity contribution in [2.75, 3.05) is 52.5 Å². The van der Waals surface area contributed by atoms with Crippen LogP contribution >= 0.6 is 0 Å². The Morgan fingerprint density at radius 2 is 1.94 bits per heavy atom. The summed E-state index contributed by atoms with van der Waals surface area (Å²) in [7, 11) is 0. The van der Waals surface area contributed by atoms with E-state index in [0.29, 0.717) is 6.04 Å². The van der Waals surface area contributed by atoms with Crippen LogP contribution in [0.5, 0.6) is 0 Å². The van der Waals surface area contributed by atoms with Gasteiger partial charge in [0.05, 0.1) is 13.2 Å². The Balaban J connectivity index is 1.66. The van der Waals surface area contributed by atoms with Crippen molar-refractivity contribution < 1.29 is 4.74 Å². The number of likely N-dealkylation sites (tertiary alicyclic amines) is 1. The van der Waals surface area contributed by atoms with Crippen molar-refractivity contribution >= 4 is 0 Å². The quantitative estimate of drug-likeness (QED) is 0.759. The van der Waals surface area contributed by atoms with Crippen LogP contribution in [-0.2, 0) is 4.74 Å². The van der Waals surface area contributed by atoms with Crippen molar-refractivity contribution in [3.05, 3.63) is 0 Å². The van der Waals surface area contributed by atoms with Crippen LogP contribution in [-0.4, -0.2) is 74.4 Å². The summed E-state index contributed by atoms with van der Waals surface area (Å²) in [5, 5.41) is 3.58. The summed E-state index contributed by atoms with van der Waals surface area (Å²) in [6.45, 7) is 13.4. The fourth-order valence-corrected chi connectivity index (χ4v) is 2.89. The Hall–Kier alpha value is -0.160. The molecule has 106 valence electrons. The number of rotatable bonds is 6. The van der Waals surface area contributed by atoms with Crippen molar-refractivity contribution in [1.29, 1.82) is 0 Å². The van der Waals surface area contributed by atoms with E-state index in [2.05, 4.69) is 29.0 Å². The van der Waals surface area contributed by atoms with Crippen LogP contribution < -0.4 is 5.32 Å². The van der Waals surface area contributed by atoms with E-state index in [1.165, 1.54) is 32.5 Å². The second-order valence-corrected chi connectivity index (χ2v) is 5.85. The minimum absolute atomic E-state index is 0.603. The largest absolute Gasteiger partial charge is 0.379 e. The van der Waals surface area contributed by atoms with E-state index in [1.54, 1.807) is 0 Å². The third kappa shape index (κ3) is 4.50. The van der Waals surface area contributed by atoms with Gasteiger partial charge in [0.1, 0.15) is 0 Å². The molecule has 2 aliphatic rings. The van der Waals surface area contributed by atoms with E-state index in [4.69, 9.17) is 4.74 Å². The molecular formula is C14H29N3O. The molecule has 0 bridgehead atoms. The highest BCUT2D eigenvalue weighted by Crippen LogP contribution is 2.16. The summed E-state index contributed by atoms with van der Waals surface area (Å²) in [4.78, 5) is 5.21. The van der Waals surface area contributed by atoms with Crippen LogP contribution in [0.15, 0.2) is 0 Å². The van der Waals surface area contributed by atoms with Crippen LogP contribution in [0.25, 0.3) is 0 Å². The van der Waals surface area contributed by atoms with Gasteiger partial charge in [0.15, 0.2) is 0 Å². The van der Waals surface area contributed by atoms with Crippen molar-refractivity contribution in [2.45, 2.75) is 38.8 Å². The maximum Gasteiger partial charge on any atom is 0.0594 e. The number of nitrogens with one attached hydrogen (secondary N) is 1. The highest BCUT2D eigenvalue weighted by atomic mass is 16.5. The van der Waals surface area contributed by atoms with Crippen LogP contribution in [0.1, 0.15) is 26.7 Å². The van der Waals surface area contributed by atoms with Gasteiger partial charge >= 0.3 is 0 Å². The van der Waals surface area contributed by atoms with E-state index in [0.717, 1.165) is 38.9 Å². The smallest absolute Gasteiger partial charge is 0.0594 e. The lowest BCUT2D eigenvalue weighted by atomic mass is 10.2. The van der Waals surface area contributed by atoms with Gasteiger partial charge in [0.25, 0.3) is 0 Å². The molecule has 0 radical (unpaired) electrons. The normalized spacial score (nSPS) is 27.2. The minimum Gasteiger partial charge on any atom is -0.379 e. The molecule has 4 nitrogen and oxygen atoms in total. The average Bonchev–Trinajstić information content (AvgIpc) is 2.82. The molecule has 2 fully saturated rings. The van der Waals surface area contributed by atoms with Gasteiger partial charge in [0.2, 0.25) is 0 Å². The molecule has 4 heteroatoms. The second kappa shape index (κ2) is 7.43. The van der Waals surface area contributed by atoms with E-state index in [1.807, 2.05) is 0 Å². The van der Waals surface area contributed by atoms with Crippen LogP contribution in [0.4, 0.5) is 0 Å². The number of ether oxygens (including phenoxy) is 1. The fourth-order valence-electron chi connectivity index (χ4n) is 2.89. The molecule has 1 atom stereocenters. The third-order valence-electron chi connectivity index (χ3n) is 4.07. The molecule has 0 aromatic heterocycles. The van der Waals surface area contributed by atoms with Crippen LogP contribution in [0.3, 0.4) is 0 Å². The Bertz CT molecular complexity index is 229. The summed E-state index contributed by atoms with van der Waals surface area (Å²) in [5.41, 5.74) is 0. The third-order valence-corrected chi connectivity index (χ3v) is 4.07. The van der Waals surface area contributed by atoms with Gasteiger partial charge in [-0.05, 0) is 19.4 Å². The van der Waals surface area contributed by atoms with Crippen molar-refractivity contribution in [2.24, 2.45) is 0 Å². The zero-order chi connectivity index (χ0) is 12.8. The van der Waals surface area contributed by atoms with Gasteiger partial charge in [-0.25, -0.2) is 0 Å². The van der Waals surface area contributed by atoms with Gasteiger partial charge in [0, 0.05) is 44.8 Å². The highest BCUT2D eigenvalue weighted by Gasteiger charge is 2.24. The average molecular weight is 255 g/mol. The van der Waals surface area contributed by atoms with Crippen LogP contribution in [0.2, 0.25) is 0 Å². The summed E-state index contributed by atoms with van der Waals surface area (Å²) in [5.74, 6) is 0. The Morgan fingerprint density at radius 1 is 1.17 bits per heavy atom. The molecule has 2 rings (SSSR count). The Morgan fingerprint density at radius 3 is 2.67 bits per heavy atom.